The molecule has 1 aromatic heterocycles. The number of hydrogen-bond donors (Lipinski definition) is 3. The number of nitrogens with two attached hydrogens (primary N) is 1. The van der Waals surface area contributed by atoms with Crippen molar-refractivity contribution >= 4 is 18.3 Å². The highest BCUT2D eigenvalue weighted by Gasteiger charge is 2.17. The molecule has 0 radical (unpaired) electrons. The molecular weight excluding hydrogens is 300 g/mol. The number of hydrogen-bond acceptors (Lipinski definition) is 3. The first-order valence-corrected chi connectivity index (χ1v) is 7.36. The van der Waals surface area contributed by atoms with Gasteiger partial charge in [-0.3, -0.25) is 9.89 Å². The Balaban J connectivity index is 0.00000242. The maximum Gasteiger partial charge on any atom is 0.255 e. The zero-order valence-corrected chi connectivity index (χ0v) is 13.5. The van der Waals surface area contributed by atoms with Crippen LogP contribution in [0.25, 0.3) is 11.3 Å². The minimum atomic E-state index is -0.130. The Morgan fingerprint density at radius 2 is 2.09 bits per heavy atom. The van der Waals surface area contributed by atoms with Gasteiger partial charge in [-0.15, -0.1) is 12.4 Å². The van der Waals surface area contributed by atoms with E-state index >= 15 is 0 Å². The lowest BCUT2D eigenvalue weighted by Crippen LogP contribution is -2.40. The van der Waals surface area contributed by atoms with E-state index in [4.69, 9.17) is 5.73 Å². The molecule has 0 aliphatic heterocycles. The summed E-state index contributed by atoms with van der Waals surface area (Å²) >= 11 is 0. The normalized spacial score (nSPS) is 11.5. The van der Waals surface area contributed by atoms with Gasteiger partial charge in [-0.25, -0.2) is 0 Å². The van der Waals surface area contributed by atoms with Crippen molar-refractivity contribution < 1.29 is 4.79 Å². The van der Waals surface area contributed by atoms with Gasteiger partial charge in [0.2, 0.25) is 0 Å². The van der Waals surface area contributed by atoms with Gasteiger partial charge in [0.1, 0.15) is 0 Å². The average Bonchev–Trinajstić information content (AvgIpc) is 3.01. The van der Waals surface area contributed by atoms with E-state index in [0.29, 0.717) is 12.1 Å². The molecule has 5 nitrogen and oxygen atoms in total. The highest BCUT2D eigenvalue weighted by Crippen LogP contribution is 2.20. The second-order valence-corrected chi connectivity index (χ2v) is 5.07. The van der Waals surface area contributed by atoms with Crippen LogP contribution in [0, 0.1) is 0 Å². The van der Waals surface area contributed by atoms with Gasteiger partial charge in [0, 0.05) is 18.2 Å². The summed E-state index contributed by atoms with van der Waals surface area (Å²) < 4.78 is 0. The largest absolute Gasteiger partial charge is 0.348 e. The smallest absolute Gasteiger partial charge is 0.255 e. The first-order chi connectivity index (χ1) is 10.3. The number of benzene rings is 1. The lowest BCUT2D eigenvalue weighted by Gasteiger charge is -2.16. The molecule has 0 aliphatic carbocycles. The Morgan fingerprint density at radius 3 is 2.73 bits per heavy atom. The molecule has 2 aromatic rings. The summed E-state index contributed by atoms with van der Waals surface area (Å²) in [5, 5.41) is 9.88. The molecule has 0 saturated heterocycles. The third kappa shape index (κ3) is 4.58. The highest BCUT2D eigenvalue weighted by atomic mass is 35.5. The third-order valence-corrected chi connectivity index (χ3v) is 3.47. The van der Waals surface area contributed by atoms with E-state index in [-0.39, 0.29) is 24.4 Å². The Hall–Kier alpha value is -1.85. The number of aromatic nitrogens is 2. The van der Waals surface area contributed by atoms with Crippen molar-refractivity contribution in [3.05, 3.63) is 42.1 Å². The SMILES string of the molecule is CCCCC(CN)NC(=O)c1cn[nH]c1-c1ccccc1.Cl. The number of nitrogens with one attached hydrogen (secondary N) is 2. The van der Waals surface area contributed by atoms with Crippen LogP contribution >= 0.6 is 12.4 Å². The van der Waals surface area contributed by atoms with Gasteiger partial charge in [-0.05, 0) is 6.42 Å². The molecule has 0 bridgehead atoms. The number of aromatic amines is 1. The number of carbonyl (C=O) groups is 1. The maximum atomic E-state index is 12.4. The summed E-state index contributed by atoms with van der Waals surface area (Å²) in [6.45, 7) is 2.57. The summed E-state index contributed by atoms with van der Waals surface area (Å²) in [4.78, 5) is 12.4. The summed E-state index contributed by atoms with van der Waals surface area (Å²) in [5.74, 6) is -0.130. The molecule has 1 unspecified atom stereocenters. The number of halogens is 1. The molecule has 2 rings (SSSR count). The van der Waals surface area contributed by atoms with Gasteiger partial charge in [-0.1, -0.05) is 50.1 Å². The number of H-pyrrole nitrogens is 1. The molecule has 1 amide bonds. The van der Waals surface area contributed by atoms with Crippen molar-refractivity contribution in [3.8, 4) is 11.3 Å². The molecule has 1 atom stereocenters. The van der Waals surface area contributed by atoms with E-state index in [1.54, 1.807) is 6.20 Å². The van der Waals surface area contributed by atoms with Gasteiger partial charge >= 0.3 is 0 Å². The van der Waals surface area contributed by atoms with E-state index in [1.807, 2.05) is 30.3 Å². The Morgan fingerprint density at radius 1 is 1.36 bits per heavy atom. The van der Waals surface area contributed by atoms with Crippen LogP contribution in [0.1, 0.15) is 36.5 Å². The van der Waals surface area contributed by atoms with E-state index in [2.05, 4.69) is 22.4 Å². The van der Waals surface area contributed by atoms with Crippen LogP contribution in [0.5, 0.6) is 0 Å². The van der Waals surface area contributed by atoms with Gasteiger partial charge in [0.25, 0.3) is 5.91 Å². The predicted octanol–water partition coefficient (Wildman–Crippen LogP) is 2.75. The van der Waals surface area contributed by atoms with Crippen LogP contribution in [0.15, 0.2) is 36.5 Å². The maximum absolute atomic E-state index is 12.4. The Bertz CT molecular complexity index is 571. The minimum absolute atomic E-state index is 0. The van der Waals surface area contributed by atoms with Crippen LogP contribution in [0.2, 0.25) is 0 Å². The summed E-state index contributed by atoms with van der Waals surface area (Å²) in [5.41, 5.74) is 7.96. The molecule has 1 heterocycles. The molecule has 0 spiro atoms. The van der Waals surface area contributed by atoms with Crippen molar-refractivity contribution in [1.82, 2.24) is 15.5 Å². The summed E-state index contributed by atoms with van der Waals surface area (Å²) in [7, 11) is 0. The monoisotopic (exact) mass is 322 g/mol. The van der Waals surface area contributed by atoms with Crippen molar-refractivity contribution in [1.29, 1.82) is 0 Å². The zero-order valence-electron chi connectivity index (χ0n) is 12.7. The van der Waals surface area contributed by atoms with Gasteiger partial charge < -0.3 is 11.1 Å². The third-order valence-electron chi connectivity index (χ3n) is 3.47. The fourth-order valence-corrected chi connectivity index (χ4v) is 2.25. The average molecular weight is 323 g/mol. The van der Waals surface area contributed by atoms with Crippen LogP contribution in [0.4, 0.5) is 0 Å². The van der Waals surface area contributed by atoms with Gasteiger partial charge in [0.05, 0.1) is 17.5 Å². The topological polar surface area (TPSA) is 83.8 Å². The van der Waals surface area contributed by atoms with Crippen LogP contribution < -0.4 is 11.1 Å². The van der Waals surface area contributed by atoms with Crippen LogP contribution in [-0.4, -0.2) is 28.7 Å². The fourth-order valence-electron chi connectivity index (χ4n) is 2.25. The molecular formula is C16H23ClN4O. The van der Waals surface area contributed by atoms with Crippen molar-refractivity contribution in [2.24, 2.45) is 5.73 Å². The Kier molecular flexibility index (Phi) is 7.63. The molecule has 6 heteroatoms. The van der Waals surface area contributed by atoms with Crippen molar-refractivity contribution in [3.63, 3.8) is 0 Å². The van der Waals surface area contributed by atoms with E-state index in [0.717, 1.165) is 30.5 Å². The molecule has 120 valence electrons. The first-order valence-electron chi connectivity index (χ1n) is 7.36. The van der Waals surface area contributed by atoms with Gasteiger partial charge in [0.15, 0.2) is 0 Å². The van der Waals surface area contributed by atoms with E-state index in [1.165, 1.54) is 0 Å². The first kappa shape index (κ1) is 18.2. The van der Waals surface area contributed by atoms with E-state index < -0.39 is 0 Å². The molecule has 4 N–H and O–H groups in total. The van der Waals surface area contributed by atoms with Crippen molar-refractivity contribution in [2.45, 2.75) is 32.2 Å². The van der Waals surface area contributed by atoms with E-state index in [9.17, 15) is 4.79 Å². The second kappa shape index (κ2) is 9.23. The lowest BCUT2D eigenvalue weighted by molar-refractivity contribution is 0.0936. The Labute approximate surface area is 137 Å². The van der Waals surface area contributed by atoms with Crippen LogP contribution in [0.3, 0.4) is 0 Å². The number of rotatable bonds is 7. The fraction of sp³-hybridized carbons (Fsp3) is 0.375. The molecule has 22 heavy (non-hydrogen) atoms. The summed E-state index contributed by atoms with van der Waals surface area (Å²) in [6, 6.07) is 9.71. The van der Waals surface area contributed by atoms with Crippen LogP contribution in [-0.2, 0) is 0 Å². The number of carbonyl (C=O) groups excluding carboxylic acids is 1. The quantitative estimate of drug-likeness (QED) is 0.733. The molecule has 0 fully saturated rings. The summed E-state index contributed by atoms with van der Waals surface area (Å²) in [6.07, 6.45) is 4.61. The molecule has 0 saturated carbocycles. The molecule has 0 aliphatic rings. The second-order valence-electron chi connectivity index (χ2n) is 5.07. The number of nitrogens with zero attached hydrogens (tertiary/aromatic N) is 1. The predicted molar refractivity (Wildman–Crippen MR) is 91.1 cm³/mol. The number of amides is 1. The lowest BCUT2D eigenvalue weighted by atomic mass is 10.1. The molecule has 1 aromatic carbocycles. The zero-order chi connectivity index (χ0) is 15.1. The van der Waals surface area contributed by atoms with Crippen molar-refractivity contribution in [2.75, 3.05) is 6.54 Å². The minimum Gasteiger partial charge on any atom is -0.348 e. The number of unbranched alkanes of at least 4 members (excludes halogenated alkanes) is 1. The van der Waals surface area contributed by atoms with Gasteiger partial charge in [-0.2, -0.15) is 5.10 Å². The standard InChI is InChI=1S/C16H22N4O.ClH/c1-2-3-9-13(10-17)19-16(21)14-11-18-20-15(14)12-7-5-4-6-8-12;/h4-8,11,13H,2-3,9-10,17H2,1H3,(H,18,20)(H,19,21);1H. The highest BCUT2D eigenvalue weighted by molar-refractivity contribution is 5.99.